The number of nitrogens with zero attached hydrogens (tertiary/aromatic N) is 3. The maximum atomic E-state index is 12.6. The molecule has 2 aromatic rings. The molecule has 1 aromatic heterocycles. The third kappa shape index (κ3) is 3.78. The molecule has 21 heavy (non-hydrogen) atoms. The number of hydrogen-bond donors (Lipinski definition) is 1. The fourth-order valence-electron chi connectivity index (χ4n) is 1.75. The fourth-order valence-corrected chi connectivity index (χ4v) is 1.95. The van der Waals surface area contributed by atoms with Gasteiger partial charge in [-0.1, -0.05) is 19.1 Å². The molecular weight excluding hydrogens is 301 g/mol. The lowest BCUT2D eigenvalue weighted by Gasteiger charge is -2.06. The van der Waals surface area contributed by atoms with Crippen molar-refractivity contribution in [2.45, 2.75) is 25.9 Å². The molecule has 0 amide bonds. The van der Waals surface area contributed by atoms with E-state index >= 15 is 0 Å². The van der Waals surface area contributed by atoms with Gasteiger partial charge >= 0.3 is 6.18 Å². The van der Waals surface area contributed by atoms with Gasteiger partial charge in [-0.2, -0.15) is 28.0 Å². The van der Waals surface area contributed by atoms with Crippen LogP contribution in [0, 0.1) is 4.77 Å². The molecule has 0 saturated heterocycles. The average Bonchev–Trinajstić information content (AvgIpc) is 2.77. The van der Waals surface area contributed by atoms with E-state index in [0.29, 0.717) is 22.6 Å². The minimum absolute atomic E-state index is 0.307. The molecule has 2 rings (SSSR count). The Hall–Kier alpha value is -1.96. The van der Waals surface area contributed by atoms with Crippen LogP contribution in [0.4, 0.5) is 13.2 Å². The lowest BCUT2D eigenvalue weighted by atomic mass is 10.1. The number of nitrogens with one attached hydrogen (secondary N) is 1. The van der Waals surface area contributed by atoms with Crippen molar-refractivity contribution >= 4 is 18.4 Å². The number of benzene rings is 1. The zero-order valence-electron chi connectivity index (χ0n) is 11.2. The molecule has 0 bridgehead atoms. The number of H-pyrrole nitrogens is 1. The smallest absolute Gasteiger partial charge is 0.250 e. The van der Waals surface area contributed by atoms with E-state index in [-0.39, 0.29) is 0 Å². The molecule has 4 nitrogen and oxygen atoms in total. The van der Waals surface area contributed by atoms with Crippen LogP contribution >= 0.6 is 12.2 Å². The highest BCUT2D eigenvalue weighted by atomic mass is 32.1. The van der Waals surface area contributed by atoms with E-state index in [1.807, 2.05) is 6.92 Å². The molecular formula is C13H13F3N4S. The second-order valence-electron chi connectivity index (χ2n) is 4.37. The topological polar surface area (TPSA) is 46.0 Å². The summed E-state index contributed by atoms with van der Waals surface area (Å²) >= 11 is 5.04. The second kappa shape index (κ2) is 6.21. The van der Waals surface area contributed by atoms with Crippen molar-refractivity contribution in [2.75, 3.05) is 0 Å². The summed E-state index contributed by atoms with van der Waals surface area (Å²) in [5, 5.41) is 10.7. The highest BCUT2D eigenvalue weighted by Gasteiger charge is 2.30. The molecule has 0 fully saturated rings. The molecule has 0 spiro atoms. The van der Waals surface area contributed by atoms with Gasteiger partial charge in [-0.15, -0.1) is 0 Å². The predicted octanol–water partition coefficient (Wildman–Crippen LogP) is 3.79. The minimum atomic E-state index is -4.37. The van der Waals surface area contributed by atoms with E-state index < -0.39 is 11.7 Å². The Balaban J connectivity index is 2.30. The van der Waals surface area contributed by atoms with Crippen LogP contribution in [0.25, 0.3) is 0 Å². The standard InChI is InChI=1S/C13H13F3N4S/c1-2-4-11-18-19-12(21)20(11)17-8-9-5-3-6-10(7-9)13(14,15)16/h3,5-8H,2,4H2,1H3,(H,19,21)/b17-8-. The highest BCUT2D eigenvalue weighted by molar-refractivity contribution is 7.71. The average molecular weight is 314 g/mol. The van der Waals surface area contributed by atoms with Crippen LogP contribution in [-0.4, -0.2) is 21.1 Å². The molecule has 1 aromatic carbocycles. The van der Waals surface area contributed by atoms with Crippen LogP contribution in [0.5, 0.6) is 0 Å². The Bertz CT molecular complexity index is 700. The maximum Gasteiger partial charge on any atom is 0.416 e. The summed E-state index contributed by atoms with van der Waals surface area (Å²) in [6, 6.07) is 4.93. The van der Waals surface area contributed by atoms with Crippen LogP contribution < -0.4 is 0 Å². The summed E-state index contributed by atoms with van der Waals surface area (Å²) in [4.78, 5) is 0. The van der Waals surface area contributed by atoms with Crippen LogP contribution in [0.1, 0.15) is 30.3 Å². The molecule has 112 valence electrons. The van der Waals surface area contributed by atoms with E-state index in [1.165, 1.54) is 17.0 Å². The molecule has 0 aliphatic heterocycles. The largest absolute Gasteiger partial charge is 0.416 e. The summed E-state index contributed by atoms with van der Waals surface area (Å²) in [7, 11) is 0. The van der Waals surface area contributed by atoms with Crippen LogP contribution in [0.3, 0.4) is 0 Å². The molecule has 0 unspecified atom stereocenters. The minimum Gasteiger partial charge on any atom is -0.250 e. The van der Waals surface area contributed by atoms with Crippen molar-refractivity contribution in [3.8, 4) is 0 Å². The number of aromatic nitrogens is 3. The van der Waals surface area contributed by atoms with Gasteiger partial charge in [-0.25, -0.2) is 0 Å². The van der Waals surface area contributed by atoms with Gasteiger partial charge in [-0.05, 0) is 36.3 Å². The third-order valence-electron chi connectivity index (χ3n) is 2.73. The first-order chi connectivity index (χ1) is 9.91. The SMILES string of the molecule is CCCc1n[nH]c(=S)n1/N=C\c1cccc(C(F)(F)F)c1. The summed E-state index contributed by atoms with van der Waals surface area (Å²) in [6.45, 7) is 1.98. The van der Waals surface area contributed by atoms with E-state index in [0.717, 1.165) is 18.6 Å². The number of rotatable bonds is 4. The van der Waals surface area contributed by atoms with Crippen LogP contribution in [0.15, 0.2) is 29.4 Å². The van der Waals surface area contributed by atoms with Gasteiger partial charge in [-0.3, -0.25) is 5.10 Å². The fraction of sp³-hybridized carbons (Fsp3) is 0.308. The number of halogens is 3. The molecule has 0 aliphatic carbocycles. The number of hydrogen-bond acceptors (Lipinski definition) is 3. The van der Waals surface area contributed by atoms with Gasteiger partial charge in [0.2, 0.25) is 4.77 Å². The molecule has 8 heteroatoms. The van der Waals surface area contributed by atoms with Gasteiger partial charge in [0.1, 0.15) is 0 Å². The van der Waals surface area contributed by atoms with Crippen molar-refractivity contribution in [1.82, 2.24) is 14.9 Å². The van der Waals surface area contributed by atoms with Crippen molar-refractivity contribution in [2.24, 2.45) is 5.10 Å². The Kier molecular flexibility index (Phi) is 4.56. The van der Waals surface area contributed by atoms with E-state index in [2.05, 4.69) is 15.3 Å². The Labute approximate surface area is 124 Å². The Morgan fingerprint density at radius 1 is 1.43 bits per heavy atom. The molecule has 0 atom stereocenters. The zero-order valence-corrected chi connectivity index (χ0v) is 12.0. The molecule has 0 radical (unpaired) electrons. The van der Waals surface area contributed by atoms with Crippen LogP contribution in [0.2, 0.25) is 0 Å². The first-order valence-corrected chi connectivity index (χ1v) is 6.70. The van der Waals surface area contributed by atoms with E-state index in [1.54, 1.807) is 6.07 Å². The summed E-state index contributed by atoms with van der Waals surface area (Å²) in [5.41, 5.74) is -0.369. The molecule has 1 N–H and O–H groups in total. The summed E-state index contributed by atoms with van der Waals surface area (Å²) < 4.78 is 39.6. The molecule has 0 aliphatic rings. The lowest BCUT2D eigenvalue weighted by Crippen LogP contribution is -2.05. The van der Waals surface area contributed by atoms with Gasteiger partial charge in [0, 0.05) is 6.42 Å². The monoisotopic (exact) mass is 314 g/mol. The molecule has 0 saturated carbocycles. The first-order valence-electron chi connectivity index (χ1n) is 6.29. The quantitative estimate of drug-likeness (QED) is 0.689. The Morgan fingerprint density at radius 3 is 2.86 bits per heavy atom. The van der Waals surface area contributed by atoms with Gasteiger partial charge < -0.3 is 0 Å². The number of aryl methyl sites for hydroxylation is 1. The first kappa shape index (κ1) is 15.4. The van der Waals surface area contributed by atoms with Crippen molar-refractivity contribution in [1.29, 1.82) is 0 Å². The van der Waals surface area contributed by atoms with Gasteiger partial charge in [0.15, 0.2) is 5.82 Å². The van der Waals surface area contributed by atoms with Crippen molar-refractivity contribution in [3.63, 3.8) is 0 Å². The maximum absolute atomic E-state index is 12.6. The highest BCUT2D eigenvalue weighted by Crippen LogP contribution is 2.29. The van der Waals surface area contributed by atoms with Crippen molar-refractivity contribution in [3.05, 3.63) is 46.0 Å². The van der Waals surface area contributed by atoms with Crippen LogP contribution in [-0.2, 0) is 12.6 Å². The Morgan fingerprint density at radius 2 is 2.19 bits per heavy atom. The number of alkyl halides is 3. The van der Waals surface area contributed by atoms with E-state index in [9.17, 15) is 13.2 Å². The third-order valence-corrected chi connectivity index (χ3v) is 2.99. The van der Waals surface area contributed by atoms with Crippen molar-refractivity contribution < 1.29 is 13.2 Å². The predicted molar refractivity (Wildman–Crippen MR) is 75.8 cm³/mol. The van der Waals surface area contributed by atoms with Gasteiger partial charge in [0.05, 0.1) is 11.8 Å². The summed E-state index contributed by atoms with van der Waals surface area (Å²) in [6.07, 6.45) is -1.51. The second-order valence-corrected chi connectivity index (χ2v) is 4.76. The molecule has 1 heterocycles. The van der Waals surface area contributed by atoms with Gasteiger partial charge in [0.25, 0.3) is 0 Å². The zero-order chi connectivity index (χ0) is 15.5. The summed E-state index contributed by atoms with van der Waals surface area (Å²) in [5.74, 6) is 0.644. The normalized spacial score (nSPS) is 12.2. The number of aromatic amines is 1. The van der Waals surface area contributed by atoms with E-state index in [4.69, 9.17) is 12.2 Å². The lowest BCUT2D eigenvalue weighted by molar-refractivity contribution is -0.137.